The van der Waals surface area contributed by atoms with Crippen molar-refractivity contribution in [3.63, 3.8) is 0 Å². The Kier molecular flexibility index (Phi) is 3.59. The van der Waals surface area contributed by atoms with Crippen LogP contribution in [0.15, 0.2) is 18.3 Å². The Morgan fingerprint density at radius 1 is 1.47 bits per heavy atom. The van der Waals surface area contributed by atoms with Gasteiger partial charge in [-0.05, 0) is 26.0 Å². The van der Waals surface area contributed by atoms with E-state index < -0.39 is 0 Å². The molecule has 4 nitrogen and oxygen atoms in total. The largest absolute Gasteiger partial charge is 0.389 e. The van der Waals surface area contributed by atoms with Crippen molar-refractivity contribution in [2.75, 3.05) is 18.0 Å². The predicted molar refractivity (Wildman–Crippen MR) is 72.3 cm³/mol. The zero-order valence-corrected chi connectivity index (χ0v) is 10.9. The number of ether oxygens (including phenoxy) is 1. The topological polar surface area (TPSA) is 51.4 Å². The third kappa shape index (κ3) is 2.73. The number of thiocarbonyl (C=S) groups is 1. The van der Waals surface area contributed by atoms with Crippen molar-refractivity contribution in [3.8, 4) is 0 Å². The summed E-state index contributed by atoms with van der Waals surface area (Å²) in [5, 5.41) is 0. The van der Waals surface area contributed by atoms with Crippen molar-refractivity contribution in [1.82, 2.24) is 4.98 Å². The second-order valence-corrected chi connectivity index (χ2v) is 4.84. The molecule has 0 bridgehead atoms. The minimum absolute atomic E-state index is 0.194. The summed E-state index contributed by atoms with van der Waals surface area (Å²) in [6.07, 6.45) is 2.15. The second-order valence-electron chi connectivity index (χ2n) is 4.40. The molecule has 2 N–H and O–H groups in total. The Labute approximate surface area is 107 Å². The molecule has 2 rings (SSSR count). The zero-order valence-electron chi connectivity index (χ0n) is 10.1. The molecule has 2 atom stereocenters. The van der Waals surface area contributed by atoms with Crippen LogP contribution in [-0.2, 0) is 4.74 Å². The molecule has 1 aliphatic rings. The Morgan fingerprint density at radius 2 is 2.12 bits per heavy atom. The number of hydrogen-bond donors (Lipinski definition) is 1. The lowest BCUT2D eigenvalue weighted by Gasteiger charge is -2.36. The van der Waals surface area contributed by atoms with Crippen LogP contribution in [0.4, 0.5) is 5.82 Å². The number of nitrogens with two attached hydrogens (primary N) is 1. The van der Waals surface area contributed by atoms with Crippen molar-refractivity contribution in [2.45, 2.75) is 26.1 Å². The van der Waals surface area contributed by atoms with Crippen molar-refractivity contribution >= 4 is 23.0 Å². The molecule has 17 heavy (non-hydrogen) atoms. The van der Waals surface area contributed by atoms with Crippen LogP contribution in [0.3, 0.4) is 0 Å². The van der Waals surface area contributed by atoms with Crippen LogP contribution in [0, 0.1) is 0 Å². The molecule has 1 aromatic rings. The molecule has 0 aliphatic carbocycles. The molecule has 0 radical (unpaired) electrons. The van der Waals surface area contributed by atoms with Gasteiger partial charge in [0.1, 0.15) is 10.8 Å². The Morgan fingerprint density at radius 3 is 2.71 bits per heavy atom. The van der Waals surface area contributed by atoms with Crippen LogP contribution in [0.2, 0.25) is 0 Å². The summed E-state index contributed by atoms with van der Waals surface area (Å²) in [5.41, 5.74) is 6.56. The normalized spacial score (nSPS) is 24.7. The van der Waals surface area contributed by atoms with E-state index in [1.54, 1.807) is 6.20 Å². The van der Waals surface area contributed by atoms with Gasteiger partial charge >= 0.3 is 0 Å². The minimum atomic E-state index is 0.194. The fourth-order valence-electron chi connectivity index (χ4n) is 2.19. The zero-order chi connectivity index (χ0) is 12.4. The summed E-state index contributed by atoms with van der Waals surface area (Å²) in [4.78, 5) is 6.97. The molecule has 1 aromatic heterocycles. The number of aromatic nitrogens is 1. The van der Waals surface area contributed by atoms with E-state index in [1.165, 1.54) is 0 Å². The van der Waals surface area contributed by atoms with Crippen LogP contribution in [0.5, 0.6) is 0 Å². The summed E-state index contributed by atoms with van der Waals surface area (Å²) in [6.45, 7) is 5.76. The van der Waals surface area contributed by atoms with Crippen LogP contribution in [0.25, 0.3) is 0 Å². The third-order valence-electron chi connectivity index (χ3n) is 2.77. The molecule has 2 heterocycles. The molecule has 1 aliphatic heterocycles. The van der Waals surface area contributed by atoms with Gasteiger partial charge in [0.2, 0.25) is 0 Å². The molecule has 0 aromatic carbocycles. The molecule has 2 unspecified atom stereocenters. The van der Waals surface area contributed by atoms with Crippen LogP contribution < -0.4 is 10.6 Å². The monoisotopic (exact) mass is 251 g/mol. The number of anilines is 1. The van der Waals surface area contributed by atoms with E-state index in [1.807, 2.05) is 12.1 Å². The van der Waals surface area contributed by atoms with E-state index in [-0.39, 0.29) is 12.2 Å². The summed E-state index contributed by atoms with van der Waals surface area (Å²) in [5.74, 6) is 0.863. The van der Waals surface area contributed by atoms with Gasteiger partial charge < -0.3 is 15.4 Å². The first-order valence-corrected chi connectivity index (χ1v) is 6.14. The first-order valence-electron chi connectivity index (χ1n) is 5.73. The summed E-state index contributed by atoms with van der Waals surface area (Å²) in [7, 11) is 0. The molecular weight excluding hydrogens is 234 g/mol. The summed E-state index contributed by atoms with van der Waals surface area (Å²) >= 11 is 5.06. The van der Waals surface area contributed by atoms with Gasteiger partial charge in [-0.15, -0.1) is 0 Å². The highest BCUT2D eigenvalue weighted by Crippen LogP contribution is 2.21. The number of nitrogens with zero attached hydrogens (tertiary/aromatic N) is 2. The van der Waals surface area contributed by atoms with Crippen molar-refractivity contribution in [2.24, 2.45) is 5.73 Å². The second kappa shape index (κ2) is 4.98. The van der Waals surface area contributed by atoms with E-state index in [2.05, 4.69) is 23.7 Å². The van der Waals surface area contributed by atoms with Crippen LogP contribution >= 0.6 is 12.2 Å². The highest BCUT2D eigenvalue weighted by molar-refractivity contribution is 7.80. The molecule has 1 saturated heterocycles. The maximum atomic E-state index is 5.72. The van der Waals surface area contributed by atoms with Gasteiger partial charge in [0.05, 0.1) is 17.8 Å². The van der Waals surface area contributed by atoms with E-state index >= 15 is 0 Å². The Balaban J connectivity index is 2.30. The van der Waals surface area contributed by atoms with Gasteiger partial charge in [-0.1, -0.05) is 12.2 Å². The third-order valence-corrected chi connectivity index (χ3v) is 2.99. The maximum Gasteiger partial charge on any atom is 0.138 e. The molecule has 0 amide bonds. The first-order chi connectivity index (χ1) is 8.08. The van der Waals surface area contributed by atoms with Crippen molar-refractivity contribution in [3.05, 3.63) is 23.9 Å². The molecule has 1 fully saturated rings. The quantitative estimate of drug-likeness (QED) is 0.804. The Hall–Kier alpha value is -1.20. The van der Waals surface area contributed by atoms with Gasteiger partial charge in [0, 0.05) is 19.3 Å². The van der Waals surface area contributed by atoms with E-state index in [4.69, 9.17) is 22.7 Å². The average molecular weight is 251 g/mol. The first kappa shape index (κ1) is 12.3. The van der Waals surface area contributed by atoms with E-state index in [0.717, 1.165) is 24.5 Å². The summed E-state index contributed by atoms with van der Waals surface area (Å²) in [6, 6.07) is 3.76. The Bertz CT molecular complexity index is 414. The van der Waals surface area contributed by atoms with Crippen LogP contribution in [-0.4, -0.2) is 35.3 Å². The number of hydrogen-bond acceptors (Lipinski definition) is 4. The standard InChI is InChI=1S/C12H17N3OS/c1-8-6-15(7-9(2)16-8)12-10(11(13)17)4-3-5-14-12/h3-5,8-9H,6-7H2,1-2H3,(H2,13,17). The van der Waals surface area contributed by atoms with Gasteiger partial charge in [-0.2, -0.15) is 0 Å². The number of pyridine rings is 1. The molecule has 0 saturated carbocycles. The van der Waals surface area contributed by atoms with Crippen molar-refractivity contribution in [1.29, 1.82) is 0 Å². The molecular formula is C12H17N3OS. The average Bonchev–Trinajstić information content (AvgIpc) is 2.27. The minimum Gasteiger partial charge on any atom is -0.389 e. The fraction of sp³-hybridized carbons (Fsp3) is 0.500. The van der Waals surface area contributed by atoms with E-state index in [0.29, 0.717) is 4.99 Å². The lowest BCUT2D eigenvalue weighted by atomic mass is 10.2. The molecule has 92 valence electrons. The molecule has 0 spiro atoms. The number of rotatable bonds is 2. The van der Waals surface area contributed by atoms with Gasteiger partial charge in [0.25, 0.3) is 0 Å². The van der Waals surface area contributed by atoms with Gasteiger partial charge in [-0.3, -0.25) is 0 Å². The lowest BCUT2D eigenvalue weighted by molar-refractivity contribution is -0.00546. The predicted octanol–water partition coefficient (Wildman–Crippen LogP) is 1.33. The van der Waals surface area contributed by atoms with Gasteiger partial charge in [0.15, 0.2) is 0 Å². The summed E-state index contributed by atoms with van der Waals surface area (Å²) < 4.78 is 5.70. The number of morpholine rings is 1. The van der Waals surface area contributed by atoms with Crippen molar-refractivity contribution < 1.29 is 4.74 Å². The lowest BCUT2D eigenvalue weighted by Crippen LogP contribution is -2.46. The van der Waals surface area contributed by atoms with Crippen LogP contribution in [0.1, 0.15) is 19.4 Å². The SMILES string of the molecule is CC1CN(c2ncccc2C(N)=S)CC(C)O1. The highest BCUT2D eigenvalue weighted by Gasteiger charge is 2.25. The maximum absolute atomic E-state index is 5.72. The fourth-order valence-corrected chi connectivity index (χ4v) is 2.35. The van der Waals surface area contributed by atoms with E-state index in [9.17, 15) is 0 Å². The smallest absolute Gasteiger partial charge is 0.138 e. The molecule has 5 heteroatoms. The van der Waals surface area contributed by atoms with Gasteiger partial charge in [-0.25, -0.2) is 4.98 Å². The highest BCUT2D eigenvalue weighted by atomic mass is 32.1.